The molecule has 0 aliphatic carbocycles. The second-order valence-corrected chi connectivity index (χ2v) is 5.29. The van der Waals surface area contributed by atoms with Crippen LogP contribution in [-0.2, 0) is 11.3 Å². The highest BCUT2D eigenvalue weighted by Gasteiger charge is 2.25. The molecule has 1 unspecified atom stereocenters. The van der Waals surface area contributed by atoms with E-state index in [2.05, 4.69) is 5.32 Å². The molecule has 4 nitrogen and oxygen atoms in total. The zero-order chi connectivity index (χ0) is 13.7. The average Bonchev–Trinajstić information content (AvgIpc) is 2.85. The monoisotopic (exact) mass is 282 g/mol. The minimum absolute atomic E-state index is 0.00435. The maximum absolute atomic E-state index is 11.8. The van der Waals surface area contributed by atoms with Gasteiger partial charge in [0.25, 0.3) is 0 Å². The molecular weight excluding hydrogens is 264 g/mol. The standard InChI is InChI=1S/C14H19ClN2O2/c15-12-5-3-11(4-6-12)8-16-14(19)9-17-7-1-2-13(17)10-18/h3-6,13,18H,1-2,7-10H2,(H,16,19). The third-order valence-electron chi connectivity index (χ3n) is 3.46. The molecule has 1 atom stereocenters. The van der Waals surface area contributed by atoms with Crippen LogP contribution in [0, 0.1) is 0 Å². The molecule has 1 saturated heterocycles. The fourth-order valence-corrected chi connectivity index (χ4v) is 2.48. The van der Waals surface area contributed by atoms with Crippen molar-refractivity contribution in [3.8, 4) is 0 Å². The lowest BCUT2D eigenvalue weighted by atomic mass is 10.2. The minimum Gasteiger partial charge on any atom is -0.395 e. The van der Waals surface area contributed by atoms with E-state index in [4.69, 9.17) is 11.6 Å². The number of halogens is 1. The lowest BCUT2D eigenvalue weighted by Gasteiger charge is -2.21. The van der Waals surface area contributed by atoms with Crippen molar-refractivity contribution in [1.29, 1.82) is 0 Å². The van der Waals surface area contributed by atoms with Crippen molar-refractivity contribution in [1.82, 2.24) is 10.2 Å². The van der Waals surface area contributed by atoms with Crippen LogP contribution in [0.5, 0.6) is 0 Å². The lowest BCUT2D eigenvalue weighted by Crippen LogP contribution is -2.40. The molecule has 19 heavy (non-hydrogen) atoms. The molecule has 1 fully saturated rings. The number of aliphatic hydroxyl groups is 1. The number of hydrogen-bond acceptors (Lipinski definition) is 3. The Kier molecular flexibility index (Phi) is 5.19. The van der Waals surface area contributed by atoms with E-state index < -0.39 is 0 Å². The molecule has 0 radical (unpaired) electrons. The quantitative estimate of drug-likeness (QED) is 0.859. The zero-order valence-electron chi connectivity index (χ0n) is 10.8. The van der Waals surface area contributed by atoms with Gasteiger partial charge in [-0.1, -0.05) is 23.7 Å². The first-order valence-corrected chi connectivity index (χ1v) is 6.93. The van der Waals surface area contributed by atoms with Crippen LogP contribution in [0.15, 0.2) is 24.3 Å². The van der Waals surface area contributed by atoms with E-state index in [-0.39, 0.29) is 18.6 Å². The number of aliphatic hydroxyl groups excluding tert-OH is 1. The third kappa shape index (κ3) is 4.20. The molecule has 0 saturated carbocycles. The van der Waals surface area contributed by atoms with Gasteiger partial charge in [-0.15, -0.1) is 0 Å². The molecule has 0 spiro atoms. The first-order chi connectivity index (χ1) is 9.19. The fourth-order valence-electron chi connectivity index (χ4n) is 2.35. The van der Waals surface area contributed by atoms with Crippen LogP contribution in [-0.4, -0.2) is 41.7 Å². The highest BCUT2D eigenvalue weighted by molar-refractivity contribution is 6.30. The summed E-state index contributed by atoms with van der Waals surface area (Å²) in [6.07, 6.45) is 2.02. The number of benzene rings is 1. The molecule has 2 N–H and O–H groups in total. The Labute approximate surface area is 118 Å². The number of nitrogens with one attached hydrogen (secondary N) is 1. The Hall–Kier alpha value is -1.10. The molecule has 0 bridgehead atoms. The summed E-state index contributed by atoms with van der Waals surface area (Å²) in [6.45, 7) is 1.89. The van der Waals surface area contributed by atoms with Gasteiger partial charge in [0.05, 0.1) is 13.2 Å². The highest BCUT2D eigenvalue weighted by atomic mass is 35.5. The summed E-state index contributed by atoms with van der Waals surface area (Å²) < 4.78 is 0. The van der Waals surface area contributed by atoms with Crippen molar-refractivity contribution in [2.24, 2.45) is 0 Å². The number of likely N-dealkylation sites (tertiary alicyclic amines) is 1. The number of amides is 1. The molecule has 1 aromatic carbocycles. The molecule has 1 aliphatic heterocycles. The van der Waals surface area contributed by atoms with Gasteiger partial charge >= 0.3 is 0 Å². The van der Waals surface area contributed by atoms with Crippen LogP contribution in [0.25, 0.3) is 0 Å². The van der Waals surface area contributed by atoms with Gasteiger partial charge in [0.1, 0.15) is 0 Å². The van der Waals surface area contributed by atoms with E-state index in [0.717, 1.165) is 24.9 Å². The number of carbonyl (C=O) groups excluding carboxylic acids is 1. The SMILES string of the molecule is O=C(CN1CCCC1CO)NCc1ccc(Cl)cc1. The van der Waals surface area contributed by atoms with E-state index >= 15 is 0 Å². The van der Waals surface area contributed by atoms with Crippen molar-refractivity contribution in [3.63, 3.8) is 0 Å². The minimum atomic E-state index is -0.00435. The van der Waals surface area contributed by atoms with Crippen molar-refractivity contribution in [3.05, 3.63) is 34.9 Å². The second kappa shape index (κ2) is 6.89. The van der Waals surface area contributed by atoms with Crippen molar-refractivity contribution in [2.75, 3.05) is 19.7 Å². The van der Waals surface area contributed by atoms with Crippen LogP contribution in [0.3, 0.4) is 0 Å². The van der Waals surface area contributed by atoms with Crippen LogP contribution in [0.2, 0.25) is 5.02 Å². The van der Waals surface area contributed by atoms with Crippen molar-refractivity contribution >= 4 is 17.5 Å². The van der Waals surface area contributed by atoms with E-state index in [1.54, 1.807) is 0 Å². The van der Waals surface area contributed by atoms with Gasteiger partial charge in [-0.25, -0.2) is 0 Å². The molecule has 2 rings (SSSR count). The maximum atomic E-state index is 11.8. The van der Waals surface area contributed by atoms with Gasteiger partial charge in [0.2, 0.25) is 5.91 Å². The number of carbonyl (C=O) groups is 1. The van der Waals surface area contributed by atoms with Crippen LogP contribution < -0.4 is 5.32 Å². The summed E-state index contributed by atoms with van der Waals surface area (Å²) in [7, 11) is 0. The molecule has 5 heteroatoms. The van der Waals surface area contributed by atoms with Gasteiger partial charge in [0, 0.05) is 17.6 Å². The number of nitrogens with zero attached hydrogens (tertiary/aromatic N) is 1. The van der Waals surface area contributed by atoms with Crippen molar-refractivity contribution in [2.45, 2.75) is 25.4 Å². The summed E-state index contributed by atoms with van der Waals surface area (Å²) in [6, 6.07) is 7.56. The zero-order valence-corrected chi connectivity index (χ0v) is 11.6. The van der Waals surface area contributed by atoms with Crippen molar-refractivity contribution < 1.29 is 9.90 Å². The van der Waals surface area contributed by atoms with Crippen LogP contribution in [0.4, 0.5) is 0 Å². The molecule has 0 aromatic heterocycles. The Balaban J connectivity index is 1.77. The Morgan fingerprint density at radius 1 is 1.42 bits per heavy atom. The lowest BCUT2D eigenvalue weighted by molar-refractivity contribution is -0.122. The first-order valence-electron chi connectivity index (χ1n) is 6.55. The predicted octanol–water partition coefficient (Wildman–Crippen LogP) is 1.41. The fraction of sp³-hybridized carbons (Fsp3) is 0.500. The van der Waals surface area contributed by atoms with E-state index in [9.17, 15) is 9.90 Å². The smallest absolute Gasteiger partial charge is 0.234 e. The third-order valence-corrected chi connectivity index (χ3v) is 3.71. The summed E-state index contributed by atoms with van der Waals surface area (Å²) in [5, 5.41) is 12.8. The summed E-state index contributed by atoms with van der Waals surface area (Å²) in [5.41, 5.74) is 1.03. The molecule has 1 heterocycles. The summed E-state index contributed by atoms with van der Waals surface area (Å²) in [4.78, 5) is 13.9. The summed E-state index contributed by atoms with van der Waals surface area (Å²) in [5.74, 6) is -0.00435. The molecular formula is C14H19ClN2O2. The molecule has 1 amide bonds. The second-order valence-electron chi connectivity index (χ2n) is 4.85. The van der Waals surface area contributed by atoms with Gasteiger partial charge < -0.3 is 10.4 Å². The van der Waals surface area contributed by atoms with Gasteiger partial charge in [-0.05, 0) is 37.1 Å². The number of rotatable bonds is 5. The predicted molar refractivity (Wildman–Crippen MR) is 75.0 cm³/mol. The molecule has 104 valence electrons. The average molecular weight is 283 g/mol. The van der Waals surface area contributed by atoms with Gasteiger partial charge in [-0.3, -0.25) is 9.69 Å². The normalized spacial score (nSPS) is 19.6. The van der Waals surface area contributed by atoms with E-state index in [0.29, 0.717) is 18.1 Å². The molecule has 1 aromatic rings. The summed E-state index contributed by atoms with van der Waals surface area (Å²) >= 11 is 5.80. The van der Waals surface area contributed by atoms with E-state index in [1.807, 2.05) is 29.2 Å². The number of hydrogen-bond donors (Lipinski definition) is 2. The van der Waals surface area contributed by atoms with Gasteiger partial charge in [0.15, 0.2) is 0 Å². The largest absolute Gasteiger partial charge is 0.395 e. The maximum Gasteiger partial charge on any atom is 0.234 e. The van der Waals surface area contributed by atoms with E-state index in [1.165, 1.54) is 0 Å². The van der Waals surface area contributed by atoms with Gasteiger partial charge in [-0.2, -0.15) is 0 Å². The Morgan fingerprint density at radius 2 is 2.16 bits per heavy atom. The first kappa shape index (κ1) is 14.3. The van der Waals surface area contributed by atoms with Crippen LogP contribution in [0.1, 0.15) is 18.4 Å². The molecule has 1 aliphatic rings. The Bertz CT molecular complexity index is 422. The highest BCUT2D eigenvalue weighted by Crippen LogP contribution is 2.15. The van der Waals surface area contributed by atoms with Crippen LogP contribution >= 0.6 is 11.6 Å². The topological polar surface area (TPSA) is 52.6 Å². The Morgan fingerprint density at radius 3 is 2.84 bits per heavy atom.